The normalized spacial score (nSPS) is 20.1. The van der Waals surface area contributed by atoms with Gasteiger partial charge in [0, 0.05) is 23.5 Å². The van der Waals surface area contributed by atoms with E-state index < -0.39 is 0 Å². The highest BCUT2D eigenvalue weighted by Crippen LogP contribution is 2.37. The number of aryl methyl sites for hydroxylation is 1. The van der Waals surface area contributed by atoms with E-state index in [0.717, 1.165) is 28.6 Å². The molecule has 132 valence electrons. The van der Waals surface area contributed by atoms with Crippen LogP contribution in [0.25, 0.3) is 0 Å². The SMILES string of the molecule is CC1Cc2nc(SC3CCCC3)n(CCc3ccccc3)c(=O)c2S1. The van der Waals surface area contributed by atoms with Gasteiger partial charge in [-0.15, -0.1) is 11.8 Å². The minimum atomic E-state index is 0.177. The summed E-state index contributed by atoms with van der Waals surface area (Å²) in [6, 6.07) is 10.4. The molecule has 0 saturated heterocycles. The summed E-state index contributed by atoms with van der Waals surface area (Å²) >= 11 is 3.54. The zero-order chi connectivity index (χ0) is 17.2. The number of fused-ring (bicyclic) bond motifs is 1. The largest absolute Gasteiger partial charge is 0.286 e. The van der Waals surface area contributed by atoms with E-state index in [1.54, 1.807) is 11.8 Å². The van der Waals surface area contributed by atoms with E-state index in [2.05, 4.69) is 31.2 Å². The van der Waals surface area contributed by atoms with Gasteiger partial charge in [-0.25, -0.2) is 4.98 Å². The summed E-state index contributed by atoms with van der Waals surface area (Å²) in [5.74, 6) is 0. The van der Waals surface area contributed by atoms with E-state index in [1.165, 1.54) is 31.2 Å². The first-order valence-corrected chi connectivity index (χ1v) is 11.0. The molecule has 1 aliphatic carbocycles. The summed E-state index contributed by atoms with van der Waals surface area (Å²) < 4.78 is 1.94. The zero-order valence-electron chi connectivity index (χ0n) is 14.6. The van der Waals surface area contributed by atoms with Gasteiger partial charge in [-0.3, -0.25) is 9.36 Å². The smallest absolute Gasteiger partial charge is 0.268 e. The Labute approximate surface area is 157 Å². The summed E-state index contributed by atoms with van der Waals surface area (Å²) in [7, 11) is 0. The minimum Gasteiger partial charge on any atom is -0.286 e. The van der Waals surface area contributed by atoms with Crippen molar-refractivity contribution < 1.29 is 0 Å². The van der Waals surface area contributed by atoms with Crippen LogP contribution in [0.4, 0.5) is 0 Å². The second kappa shape index (κ2) is 7.58. The number of thioether (sulfide) groups is 2. The van der Waals surface area contributed by atoms with Crippen molar-refractivity contribution in [3.05, 3.63) is 51.9 Å². The highest BCUT2D eigenvalue weighted by Gasteiger charge is 2.27. The summed E-state index contributed by atoms with van der Waals surface area (Å²) in [4.78, 5) is 18.9. The van der Waals surface area contributed by atoms with Gasteiger partial charge >= 0.3 is 0 Å². The number of nitrogens with zero attached hydrogens (tertiary/aromatic N) is 2. The Morgan fingerprint density at radius 3 is 2.76 bits per heavy atom. The maximum Gasteiger partial charge on any atom is 0.268 e. The Bertz CT molecular complexity index is 797. The molecule has 1 atom stereocenters. The van der Waals surface area contributed by atoms with Gasteiger partial charge in [-0.05, 0) is 24.8 Å². The number of hydrogen-bond acceptors (Lipinski definition) is 4. The predicted octanol–water partition coefficient (Wildman–Crippen LogP) is 4.56. The lowest BCUT2D eigenvalue weighted by molar-refractivity contribution is 0.563. The van der Waals surface area contributed by atoms with Crippen LogP contribution in [0.3, 0.4) is 0 Å². The van der Waals surface area contributed by atoms with Gasteiger partial charge in [-0.1, -0.05) is 61.9 Å². The fourth-order valence-corrected chi connectivity index (χ4v) is 6.11. The molecule has 1 fully saturated rings. The molecule has 2 aliphatic rings. The molecule has 0 radical (unpaired) electrons. The molecule has 3 nitrogen and oxygen atoms in total. The summed E-state index contributed by atoms with van der Waals surface area (Å²) in [6.07, 6.45) is 6.92. The molecule has 1 aliphatic heterocycles. The van der Waals surface area contributed by atoms with Crippen molar-refractivity contribution in [2.24, 2.45) is 0 Å². The topological polar surface area (TPSA) is 34.9 Å². The molecule has 4 rings (SSSR count). The lowest BCUT2D eigenvalue weighted by atomic mass is 10.1. The van der Waals surface area contributed by atoms with Crippen molar-refractivity contribution in [2.45, 2.75) is 72.5 Å². The molecule has 0 amide bonds. The lowest BCUT2D eigenvalue weighted by Crippen LogP contribution is -2.26. The quantitative estimate of drug-likeness (QED) is 0.721. The van der Waals surface area contributed by atoms with E-state index in [-0.39, 0.29) is 5.56 Å². The van der Waals surface area contributed by atoms with Crippen molar-refractivity contribution in [3.8, 4) is 0 Å². The molecule has 0 bridgehead atoms. The Hall–Kier alpha value is -1.20. The average molecular weight is 373 g/mol. The maximum atomic E-state index is 13.1. The van der Waals surface area contributed by atoms with Gasteiger partial charge < -0.3 is 0 Å². The Morgan fingerprint density at radius 1 is 1.24 bits per heavy atom. The van der Waals surface area contributed by atoms with Gasteiger partial charge in [0.2, 0.25) is 0 Å². The first-order valence-electron chi connectivity index (χ1n) is 9.21. The second-order valence-electron chi connectivity index (χ2n) is 7.02. The number of hydrogen-bond donors (Lipinski definition) is 0. The van der Waals surface area contributed by atoms with E-state index in [4.69, 9.17) is 4.98 Å². The van der Waals surface area contributed by atoms with Gasteiger partial charge in [0.25, 0.3) is 5.56 Å². The summed E-state index contributed by atoms with van der Waals surface area (Å²) in [6.45, 7) is 2.90. The van der Waals surface area contributed by atoms with Crippen molar-refractivity contribution >= 4 is 23.5 Å². The summed E-state index contributed by atoms with van der Waals surface area (Å²) in [5, 5.41) is 2.03. The highest BCUT2D eigenvalue weighted by molar-refractivity contribution is 8.00. The predicted molar refractivity (Wildman–Crippen MR) is 106 cm³/mol. The van der Waals surface area contributed by atoms with Gasteiger partial charge in [-0.2, -0.15) is 0 Å². The van der Waals surface area contributed by atoms with E-state index in [1.807, 2.05) is 22.4 Å². The molecule has 2 aromatic rings. The van der Waals surface area contributed by atoms with Crippen LogP contribution < -0.4 is 5.56 Å². The van der Waals surface area contributed by atoms with Crippen molar-refractivity contribution in [2.75, 3.05) is 0 Å². The van der Waals surface area contributed by atoms with Crippen molar-refractivity contribution in [1.29, 1.82) is 0 Å². The molecule has 1 aromatic heterocycles. The zero-order valence-corrected chi connectivity index (χ0v) is 16.2. The third kappa shape index (κ3) is 3.82. The number of rotatable bonds is 5. The van der Waals surface area contributed by atoms with Crippen LogP contribution in [-0.4, -0.2) is 20.1 Å². The average Bonchev–Trinajstić information content (AvgIpc) is 3.25. The molecule has 0 N–H and O–H groups in total. The molecule has 1 unspecified atom stereocenters. The Balaban J connectivity index is 1.64. The van der Waals surface area contributed by atoms with Gasteiger partial charge in [0.15, 0.2) is 5.16 Å². The second-order valence-corrected chi connectivity index (χ2v) is 9.74. The molecule has 5 heteroatoms. The van der Waals surface area contributed by atoms with Crippen LogP contribution in [0.2, 0.25) is 0 Å². The molecule has 0 spiro atoms. The van der Waals surface area contributed by atoms with Crippen LogP contribution in [-0.2, 0) is 19.4 Å². The van der Waals surface area contributed by atoms with Crippen LogP contribution in [0.15, 0.2) is 45.2 Å². The number of benzene rings is 1. The fourth-order valence-electron chi connectivity index (χ4n) is 3.66. The standard InChI is InChI=1S/C20H24N2OS2/c1-14-13-17-18(24-14)19(23)22(12-11-15-7-3-2-4-8-15)20(21-17)25-16-9-5-6-10-16/h2-4,7-8,14,16H,5-6,9-13H2,1H3. The molecule has 25 heavy (non-hydrogen) atoms. The van der Waals surface area contributed by atoms with Gasteiger partial charge in [0.05, 0.1) is 10.6 Å². The van der Waals surface area contributed by atoms with Crippen LogP contribution >= 0.6 is 23.5 Å². The first-order chi connectivity index (χ1) is 12.2. The molecular weight excluding hydrogens is 348 g/mol. The Kier molecular flexibility index (Phi) is 5.23. The van der Waals surface area contributed by atoms with Crippen molar-refractivity contribution in [1.82, 2.24) is 9.55 Å². The minimum absolute atomic E-state index is 0.177. The van der Waals surface area contributed by atoms with Crippen LogP contribution in [0, 0.1) is 0 Å². The third-order valence-electron chi connectivity index (χ3n) is 5.00. The highest BCUT2D eigenvalue weighted by atomic mass is 32.2. The fraction of sp³-hybridized carbons (Fsp3) is 0.500. The van der Waals surface area contributed by atoms with Crippen LogP contribution in [0.5, 0.6) is 0 Å². The van der Waals surface area contributed by atoms with E-state index in [0.29, 0.717) is 17.0 Å². The molecule has 2 heterocycles. The third-order valence-corrected chi connectivity index (χ3v) is 7.55. The molecule has 1 aromatic carbocycles. The monoisotopic (exact) mass is 372 g/mol. The maximum absolute atomic E-state index is 13.1. The van der Waals surface area contributed by atoms with E-state index in [9.17, 15) is 4.79 Å². The van der Waals surface area contributed by atoms with Crippen molar-refractivity contribution in [3.63, 3.8) is 0 Å². The number of aromatic nitrogens is 2. The van der Waals surface area contributed by atoms with E-state index >= 15 is 0 Å². The first kappa shape index (κ1) is 17.2. The summed E-state index contributed by atoms with van der Waals surface area (Å²) in [5.41, 5.74) is 2.47. The lowest BCUT2D eigenvalue weighted by Gasteiger charge is -2.16. The van der Waals surface area contributed by atoms with Crippen LogP contribution in [0.1, 0.15) is 43.9 Å². The Morgan fingerprint density at radius 2 is 2.00 bits per heavy atom. The molecule has 1 saturated carbocycles. The molecular formula is C20H24N2OS2. The van der Waals surface area contributed by atoms with Gasteiger partial charge in [0.1, 0.15) is 0 Å².